The van der Waals surface area contributed by atoms with Crippen molar-refractivity contribution in [3.63, 3.8) is 0 Å². The topological polar surface area (TPSA) is 101 Å². The van der Waals surface area contributed by atoms with Crippen LogP contribution in [0.3, 0.4) is 0 Å². The summed E-state index contributed by atoms with van der Waals surface area (Å²) in [5.41, 5.74) is 2.42. The Hall–Kier alpha value is -3.44. The van der Waals surface area contributed by atoms with Crippen molar-refractivity contribution in [2.24, 2.45) is 0 Å². The lowest BCUT2D eigenvalue weighted by atomic mass is 10.1. The van der Waals surface area contributed by atoms with Crippen LogP contribution in [0, 0.1) is 11.3 Å². The molecule has 0 bridgehead atoms. The average Bonchev–Trinajstić information content (AvgIpc) is 3.19. The normalized spacial score (nSPS) is 13.7. The third-order valence-electron chi connectivity index (χ3n) is 5.45. The summed E-state index contributed by atoms with van der Waals surface area (Å²) in [6.45, 7) is -0.202. The number of carbonyl (C=O) groups excluding carboxylic acids is 1. The summed E-state index contributed by atoms with van der Waals surface area (Å²) in [5, 5.41) is 13.8. The van der Waals surface area contributed by atoms with Crippen LogP contribution in [-0.4, -0.2) is 15.5 Å². The number of benzene rings is 1. The van der Waals surface area contributed by atoms with E-state index in [1.54, 1.807) is 6.07 Å². The summed E-state index contributed by atoms with van der Waals surface area (Å²) in [4.78, 5) is 31.0. The molecule has 7 nitrogen and oxygen atoms in total. The van der Waals surface area contributed by atoms with Gasteiger partial charge >= 0.3 is 0 Å². The van der Waals surface area contributed by atoms with Crippen molar-refractivity contribution < 1.29 is 9.21 Å². The molecular weight excluding hydrogens is 400 g/mol. The predicted octanol–water partition coefficient (Wildman–Crippen LogP) is 3.98. The molecule has 5 rings (SSSR count). The Balaban J connectivity index is 1.43. The first-order chi connectivity index (χ1) is 14.7. The number of thiophene rings is 1. The molecule has 0 radical (unpaired) electrons. The molecule has 1 amide bonds. The second-order valence-electron chi connectivity index (χ2n) is 7.38. The van der Waals surface area contributed by atoms with Crippen LogP contribution in [0.5, 0.6) is 0 Å². The van der Waals surface area contributed by atoms with E-state index in [9.17, 15) is 14.9 Å². The number of nitrogens with one attached hydrogen (secondary N) is 1. The molecule has 150 valence electrons. The maximum Gasteiger partial charge on any atom is 0.297 e. The summed E-state index contributed by atoms with van der Waals surface area (Å²) in [7, 11) is 0. The number of hydrogen-bond donors (Lipinski definition) is 1. The molecule has 1 N–H and O–H groups in total. The van der Waals surface area contributed by atoms with Crippen molar-refractivity contribution >= 4 is 44.3 Å². The quantitative estimate of drug-likeness (QED) is 0.507. The third-order valence-corrected chi connectivity index (χ3v) is 6.66. The third kappa shape index (κ3) is 3.08. The van der Waals surface area contributed by atoms with Crippen LogP contribution in [0.1, 0.15) is 35.3 Å². The van der Waals surface area contributed by atoms with E-state index < -0.39 is 5.56 Å². The summed E-state index contributed by atoms with van der Waals surface area (Å²) < 4.78 is 6.89. The lowest BCUT2D eigenvalue weighted by Gasteiger charge is -2.06. The second-order valence-corrected chi connectivity index (χ2v) is 8.49. The first kappa shape index (κ1) is 18.6. The van der Waals surface area contributed by atoms with Crippen LogP contribution in [0.4, 0.5) is 5.00 Å². The van der Waals surface area contributed by atoms with Gasteiger partial charge < -0.3 is 9.73 Å². The van der Waals surface area contributed by atoms with E-state index in [4.69, 9.17) is 4.42 Å². The number of rotatable bonds is 3. The van der Waals surface area contributed by atoms with Crippen molar-refractivity contribution in [3.8, 4) is 6.07 Å². The van der Waals surface area contributed by atoms with Gasteiger partial charge in [0.2, 0.25) is 11.5 Å². The van der Waals surface area contributed by atoms with Crippen molar-refractivity contribution in [2.75, 3.05) is 5.32 Å². The van der Waals surface area contributed by atoms with Crippen LogP contribution in [0.2, 0.25) is 0 Å². The monoisotopic (exact) mass is 418 g/mol. The maximum absolute atomic E-state index is 12.8. The highest BCUT2D eigenvalue weighted by Gasteiger charge is 2.21. The zero-order chi connectivity index (χ0) is 20.7. The van der Waals surface area contributed by atoms with E-state index in [2.05, 4.69) is 16.4 Å². The standard InChI is InChI=1S/C22H18N4O3S/c23-10-15-13-6-2-1-3-9-17(13)30-21(15)25-18(27)11-26-12-24-19-14-7-4-5-8-16(14)29-20(19)22(26)28/h4-5,7-8,12H,1-3,6,9,11H2,(H,25,27). The van der Waals surface area contributed by atoms with Gasteiger partial charge in [-0.25, -0.2) is 4.98 Å². The molecule has 1 aliphatic rings. The maximum atomic E-state index is 12.8. The molecule has 4 aromatic rings. The predicted molar refractivity (Wildman–Crippen MR) is 115 cm³/mol. The average molecular weight is 418 g/mol. The van der Waals surface area contributed by atoms with Gasteiger partial charge in [0.25, 0.3) is 5.56 Å². The van der Waals surface area contributed by atoms with Gasteiger partial charge in [0.05, 0.1) is 11.9 Å². The van der Waals surface area contributed by atoms with Crippen molar-refractivity contribution in [1.82, 2.24) is 9.55 Å². The van der Waals surface area contributed by atoms with Crippen molar-refractivity contribution in [3.05, 3.63) is 57.0 Å². The number of carbonyl (C=O) groups is 1. The number of nitrogens with zero attached hydrogens (tertiary/aromatic N) is 3. The number of amides is 1. The molecular formula is C22H18N4O3S. The fourth-order valence-electron chi connectivity index (χ4n) is 4.00. The fourth-order valence-corrected chi connectivity index (χ4v) is 5.25. The molecule has 8 heteroatoms. The molecule has 0 unspecified atom stereocenters. The van der Waals surface area contributed by atoms with Gasteiger partial charge in [0, 0.05) is 10.3 Å². The second kappa shape index (κ2) is 7.43. The molecule has 30 heavy (non-hydrogen) atoms. The van der Waals surface area contributed by atoms with Gasteiger partial charge in [0.1, 0.15) is 28.7 Å². The fraction of sp³-hybridized carbons (Fsp3) is 0.273. The smallest absolute Gasteiger partial charge is 0.297 e. The van der Waals surface area contributed by atoms with Gasteiger partial charge in [-0.3, -0.25) is 14.2 Å². The highest BCUT2D eigenvalue weighted by molar-refractivity contribution is 7.16. The van der Waals surface area contributed by atoms with E-state index in [-0.39, 0.29) is 18.0 Å². The minimum absolute atomic E-state index is 0.132. The molecule has 0 spiro atoms. The Morgan fingerprint density at radius 1 is 1.27 bits per heavy atom. The Morgan fingerprint density at radius 3 is 2.97 bits per heavy atom. The lowest BCUT2D eigenvalue weighted by Crippen LogP contribution is -2.27. The lowest BCUT2D eigenvalue weighted by molar-refractivity contribution is -0.116. The highest BCUT2D eigenvalue weighted by atomic mass is 32.1. The summed E-state index contributed by atoms with van der Waals surface area (Å²) in [5.74, 6) is -0.373. The van der Waals surface area contributed by atoms with Gasteiger partial charge in [-0.15, -0.1) is 11.3 Å². The van der Waals surface area contributed by atoms with Gasteiger partial charge in [-0.1, -0.05) is 18.6 Å². The highest BCUT2D eigenvalue weighted by Crippen LogP contribution is 2.37. The molecule has 0 saturated carbocycles. The van der Waals surface area contributed by atoms with E-state index in [1.807, 2.05) is 18.2 Å². The summed E-state index contributed by atoms with van der Waals surface area (Å²) in [6.07, 6.45) is 6.50. The Bertz CT molecular complexity index is 1390. The zero-order valence-corrected chi connectivity index (χ0v) is 16.9. The number of aromatic nitrogens is 2. The van der Waals surface area contributed by atoms with Crippen molar-refractivity contribution in [1.29, 1.82) is 5.26 Å². The minimum atomic E-state index is -0.409. The number of fused-ring (bicyclic) bond motifs is 4. The molecule has 1 aromatic carbocycles. The van der Waals surface area contributed by atoms with Crippen LogP contribution < -0.4 is 10.9 Å². The number of hydrogen-bond acceptors (Lipinski definition) is 6. The summed E-state index contributed by atoms with van der Waals surface area (Å²) >= 11 is 1.47. The van der Waals surface area contributed by atoms with Gasteiger partial charge in [-0.2, -0.15) is 5.26 Å². The van der Waals surface area contributed by atoms with Gasteiger partial charge in [-0.05, 0) is 43.4 Å². The number of para-hydroxylation sites is 1. The molecule has 1 aliphatic carbocycles. The van der Waals surface area contributed by atoms with Crippen LogP contribution >= 0.6 is 11.3 Å². The number of nitriles is 1. The Kier molecular flexibility index (Phi) is 4.60. The van der Waals surface area contributed by atoms with Crippen molar-refractivity contribution in [2.45, 2.75) is 38.6 Å². The number of anilines is 1. The van der Waals surface area contributed by atoms with E-state index >= 15 is 0 Å². The number of furan rings is 1. The van der Waals surface area contributed by atoms with E-state index in [0.29, 0.717) is 21.7 Å². The minimum Gasteiger partial charge on any atom is -0.448 e. The first-order valence-electron chi connectivity index (χ1n) is 9.87. The summed E-state index contributed by atoms with van der Waals surface area (Å²) in [6, 6.07) is 9.55. The van der Waals surface area contributed by atoms with E-state index in [0.717, 1.165) is 43.1 Å². The number of aryl methyl sites for hydroxylation is 1. The largest absolute Gasteiger partial charge is 0.448 e. The molecule has 0 fully saturated rings. The Morgan fingerprint density at radius 2 is 2.10 bits per heavy atom. The zero-order valence-electron chi connectivity index (χ0n) is 16.1. The van der Waals surface area contributed by atoms with Gasteiger partial charge in [0.15, 0.2) is 0 Å². The Labute approximate surface area is 175 Å². The van der Waals surface area contributed by atoms with Crippen LogP contribution in [0.15, 0.2) is 39.8 Å². The van der Waals surface area contributed by atoms with Crippen LogP contribution in [0.25, 0.3) is 22.1 Å². The molecule has 0 aliphatic heterocycles. The first-order valence-corrected chi connectivity index (χ1v) is 10.7. The molecule has 3 aromatic heterocycles. The van der Waals surface area contributed by atoms with E-state index in [1.165, 1.54) is 27.1 Å². The molecule has 0 saturated heterocycles. The SMILES string of the molecule is N#Cc1c(NC(=O)Cn2cnc3c(oc4ccccc43)c2=O)sc2c1CCCCC2. The molecule has 0 atom stereocenters. The molecule has 3 heterocycles. The van der Waals surface area contributed by atoms with Crippen LogP contribution in [-0.2, 0) is 24.2 Å².